The van der Waals surface area contributed by atoms with E-state index in [9.17, 15) is 4.79 Å². The molecule has 0 heterocycles. The van der Waals surface area contributed by atoms with Gasteiger partial charge < -0.3 is 0 Å². The minimum absolute atomic E-state index is 0.0164. The van der Waals surface area contributed by atoms with Crippen molar-refractivity contribution in [3.8, 4) is 11.8 Å². The van der Waals surface area contributed by atoms with Crippen LogP contribution in [0.25, 0.3) is 0 Å². The maximum Gasteiger partial charge on any atom is 0.205 e. The summed E-state index contributed by atoms with van der Waals surface area (Å²) in [6, 6.07) is 16.5. The second kappa shape index (κ2) is 7.45. The third kappa shape index (κ3) is 5.28. The summed E-state index contributed by atoms with van der Waals surface area (Å²) in [5, 5.41) is 0. The number of carbonyl (C=O) groups is 1. The van der Waals surface area contributed by atoms with Crippen molar-refractivity contribution in [2.75, 3.05) is 0 Å². The van der Waals surface area contributed by atoms with E-state index in [1.165, 1.54) is 16.7 Å². The molecular weight excluding hydrogens is 256 g/mol. The summed E-state index contributed by atoms with van der Waals surface area (Å²) < 4.78 is 0. The molecule has 0 aliphatic carbocycles. The Morgan fingerprint density at radius 2 is 1.38 bits per heavy atom. The normalized spacial score (nSPS) is 9.81. The lowest BCUT2D eigenvalue weighted by molar-refractivity contribution is -0.113. The van der Waals surface area contributed by atoms with Crippen molar-refractivity contribution in [3.05, 3.63) is 70.8 Å². The van der Waals surface area contributed by atoms with Gasteiger partial charge in [0.05, 0.1) is 0 Å². The highest BCUT2D eigenvalue weighted by molar-refractivity contribution is 5.95. The van der Waals surface area contributed by atoms with Crippen LogP contribution in [0.3, 0.4) is 0 Å². The Morgan fingerprint density at radius 1 is 0.857 bits per heavy atom. The number of carbonyl (C=O) groups excluding carboxylic acids is 1. The van der Waals surface area contributed by atoms with Gasteiger partial charge in [-0.1, -0.05) is 65.6 Å². The highest BCUT2D eigenvalue weighted by Crippen LogP contribution is 2.06. The molecule has 2 rings (SSSR count). The molecule has 0 amide bonds. The molecule has 0 aliphatic rings. The van der Waals surface area contributed by atoms with Crippen LogP contribution in [0.1, 0.15) is 28.7 Å². The largest absolute Gasteiger partial charge is 0.285 e. The Hall–Kier alpha value is -2.33. The summed E-state index contributed by atoms with van der Waals surface area (Å²) in [4.78, 5) is 11.8. The number of Topliss-reactive ketones (excluding diaryl/α,β-unsaturated/α-hetero) is 1. The van der Waals surface area contributed by atoms with Crippen LogP contribution in [-0.2, 0) is 17.6 Å². The van der Waals surface area contributed by atoms with E-state index in [0.29, 0.717) is 12.8 Å². The van der Waals surface area contributed by atoms with Gasteiger partial charge in [-0.25, -0.2) is 0 Å². The zero-order valence-electron chi connectivity index (χ0n) is 12.6. The molecule has 0 unspecified atom stereocenters. The maximum absolute atomic E-state index is 11.8. The second-order valence-electron chi connectivity index (χ2n) is 5.37. The number of ketones is 1. The number of rotatable bonds is 4. The van der Waals surface area contributed by atoms with E-state index in [4.69, 9.17) is 0 Å². The third-order valence-corrected chi connectivity index (χ3v) is 3.40. The Morgan fingerprint density at radius 3 is 1.95 bits per heavy atom. The van der Waals surface area contributed by atoms with Crippen LogP contribution in [0.2, 0.25) is 0 Å². The molecule has 1 nitrogen and oxygen atoms in total. The van der Waals surface area contributed by atoms with Gasteiger partial charge in [-0.3, -0.25) is 4.79 Å². The standard InChI is InChI=1S/C20H20O/c1-16-6-10-18(11-7-16)4-3-5-20(21)15-14-19-12-8-17(2)9-13-19/h6-13H,4,14-15H2,1-2H3. The van der Waals surface area contributed by atoms with Crippen molar-refractivity contribution < 1.29 is 4.79 Å². The molecule has 0 saturated heterocycles. The summed E-state index contributed by atoms with van der Waals surface area (Å²) in [6.45, 7) is 4.12. The fourth-order valence-electron chi connectivity index (χ4n) is 2.03. The molecule has 1 heteroatoms. The van der Waals surface area contributed by atoms with Crippen molar-refractivity contribution in [3.63, 3.8) is 0 Å². The smallest absolute Gasteiger partial charge is 0.205 e. The van der Waals surface area contributed by atoms with Gasteiger partial charge >= 0.3 is 0 Å². The van der Waals surface area contributed by atoms with Gasteiger partial charge in [0.25, 0.3) is 0 Å². The monoisotopic (exact) mass is 276 g/mol. The minimum atomic E-state index is 0.0164. The first kappa shape index (κ1) is 15.1. The zero-order valence-corrected chi connectivity index (χ0v) is 12.6. The molecule has 0 radical (unpaired) electrons. The number of hydrogen-bond acceptors (Lipinski definition) is 1. The first-order valence-electron chi connectivity index (χ1n) is 7.26. The van der Waals surface area contributed by atoms with E-state index in [-0.39, 0.29) is 5.78 Å². The molecule has 0 N–H and O–H groups in total. The fourth-order valence-corrected chi connectivity index (χ4v) is 2.03. The third-order valence-electron chi connectivity index (χ3n) is 3.40. The number of aryl methyl sites for hydroxylation is 3. The Balaban J connectivity index is 1.80. The van der Waals surface area contributed by atoms with Crippen LogP contribution >= 0.6 is 0 Å². The van der Waals surface area contributed by atoms with Crippen molar-refractivity contribution in [1.82, 2.24) is 0 Å². The van der Waals surface area contributed by atoms with Gasteiger partial charge in [0.15, 0.2) is 0 Å². The average molecular weight is 276 g/mol. The van der Waals surface area contributed by atoms with E-state index in [1.54, 1.807) is 0 Å². The van der Waals surface area contributed by atoms with Crippen molar-refractivity contribution >= 4 is 5.78 Å². The summed E-state index contributed by atoms with van der Waals surface area (Å²) in [6.07, 6.45) is 1.89. The zero-order chi connectivity index (χ0) is 15.1. The summed E-state index contributed by atoms with van der Waals surface area (Å²) in [5.41, 5.74) is 4.82. The van der Waals surface area contributed by atoms with E-state index in [1.807, 2.05) is 0 Å². The van der Waals surface area contributed by atoms with Crippen LogP contribution in [0.5, 0.6) is 0 Å². The van der Waals surface area contributed by atoms with Crippen molar-refractivity contribution in [2.24, 2.45) is 0 Å². The average Bonchev–Trinajstić information content (AvgIpc) is 2.49. The van der Waals surface area contributed by atoms with Crippen LogP contribution < -0.4 is 0 Å². The molecule has 0 saturated carbocycles. The first-order valence-corrected chi connectivity index (χ1v) is 7.26. The van der Waals surface area contributed by atoms with Gasteiger partial charge in [0.1, 0.15) is 0 Å². The molecule has 0 aromatic heterocycles. The highest BCUT2D eigenvalue weighted by atomic mass is 16.1. The molecule has 21 heavy (non-hydrogen) atoms. The Kier molecular flexibility index (Phi) is 5.35. The van der Waals surface area contributed by atoms with Crippen LogP contribution in [0.4, 0.5) is 0 Å². The van der Waals surface area contributed by atoms with Crippen LogP contribution in [0.15, 0.2) is 48.5 Å². The quantitative estimate of drug-likeness (QED) is 0.608. The SMILES string of the molecule is Cc1ccc(CC#CC(=O)CCc2ccc(C)cc2)cc1. The van der Waals surface area contributed by atoms with Gasteiger partial charge in [0.2, 0.25) is 5.78 Å². The van der Waals surface area contributed by atoms with E-state index in [0.717, 1.165) is 12.0 Å². The Labute approximate surface area is 127 Å². The maximum atomic E-state index is 11.8. The van der Waals surface area contributed by atoms with Gasteiger partial charge in [-0.2, -0.15) is 0 Å². The molecule has 0 fully saturated rings. The number of benzene rings is 2. The molecule has 2 aromatic rings. The lowest BCUT2D eigenvalue weighted by atomic mass is 10.1. The van der Waals surface area contributed by atoms with Crippen molar-refractivity contribution in [2.45, 2.75) is 33.1 Å². The molecule has 2 aromatic carbocycles. The number of hydrogen-bond donors (Lipinski definition) is 0. The minimum Gasteiger partial charge on any atom is -0.285 e. The lowest BCUT2D eigenvalue weighted by Gasteiger charge is -1.99. The fraction of sp³-hybridized carbons (Fsp3) is 0.250. The molecule has 106 valence electrons. The van der Waals surface area contributed by atoms with Crippen LogP contribution in [0, 0.1) is 25.7 Å². The lowest BCUT2D eigenvalue weighted by Crippen LogP contribution is -1.97. The van der Waals surface area contributed by atoms with Gasteiger partial charge in [0, 0.05) is 12.8 Å². The predicted octanol–water partition coefficient (Wildman–Crippen LogP) is 4.05. The highest BCUT2D eigenvalue weighted by Gasteiger charge is 1.99. The van der Waals surface area contributed by atoms with E-state index in [2.05, 4.69) is 74.2 Å². The molecule has 0 aliphatic heterocycles. The molecule has 0 atom stereocenters. The Bertz CT molecular complexity index is 652. The molecule has 0 bridgehead atoms. The van der Waals surface area contributed by atoms with Crippen molar-refractivity contribution in [1.29, 1.82) is 0 Å². The first-order chi connectivity index (χ1) is 10.1. The summed E-state index contributed by atoms with van der Waals surface area (Å²) in [5.74, 6) is 5.72. The molecule has 0 spiro atoms. The predicted molar refractivity (Wildman–Crippen MR) is 87.2 cm³/mol. The van der Waals surface area contributed by atoms with E-state index >= 15 is 0 Å². The topological polar surface area (TPSA) is 17.1 Å². The van der Waals surface area contributed by atoms with Gasteiger partial charge in [-0.15, -0.1) is 0 Å². The van der Waals surface area contributed by atoms with E-state index < -0.39 is 0 Å². The summed E-state index contributed by atoms with van der Waals surface area (Å²) >= 11 is 0. The second-order valence-corrected chi connectivity index (χ2v) is 5.37. The summed E-state index contributed by atoms with van der Waals surface area (Å²) in [7, 11) is 0. The molecular formula is C20H20O. The van der Waals surface area contributed by atoms with Crippen LogP contribution in [-0.4, -0.2) is 5.78 Å². The van der Waals surface area contributed by atoms with Gasteiger partial charge in [-0.05, 0) is 37.3 Å².